The molecule has 0 aliphatic carbocycles. The topological polar surface area (TPSA) is 75.1 Å². The lowest BCUT2D eigenvalue weighted by Gasteiger charge is -2.15. The number of aromatic nitrogens is 2. The van der Waals surface area contributed by atoms with Crippen molar-refractivity contribution in [1.29, 1.82) is 0 Å². The van der Waals surface area contributed by atoms with Crippen LogP contribution in [0.15, 0.2) is 6.20 Å². The average molecular weight is 265 g/mol. The van der Waals surface area contributed by atoms with Gasteiger partial charge in [-0.2, -0.15) is 0 Å². The standard InChI is InChI=1S/C14H23N3O2/c1-4-12(5-6-13(18)19)7-8-15-14-11(3)16-9-10(2)17-14/h9,12H,4-8H2,1-3H3,(H,15,17)(H,18,19). The van der Waals surface area contributed by atoms with Crippen molar-refractivity contribution < 1.29 is 9.90 Å². The molecule has 0 aromatic carbocycles. The fraction of sp³-hybridized carbons (Fsp3) is 0.643. The smallest absolute Gasteiger partial charge is 0.303 e. The largest absolute Gasteiger partial charge is 0.481 e. The molecule has 0 amide bonds. The number of carboxylic acid groups (broad SMARTS) is 1. The van der Waals surface area contributed by atoms with Crippen molar-refractivity contribution in [2.24, 2.45) is 5.92 Å². The van der Waals surface area contributed by atoms with Crippen LogP contribution in [-0.2, 0) is 4.79 Å². The maximum absolute atomic E-state index is 10.6. The van der Waals surface area contributed by atoms with E-state index in [1.807, 2.05) is 13.8 Å². The average Bonchev–Trinajstić information content (AvgIpc) is 2.37. The first-order valence-electron chi connectivity index (χ1n) is 6.78. The molecule has 0 saturated carbocycles. The molecular formula is C14H23N3O2. The van der Waals surface area contributed by atoms with Crippen LogP contribution >= 0.6 is 0 Å². The molecule has 1 atom stereocenters. The molecule has 1 aromatic heterocycles. The lowest BCUT2D eigenvalue weighted by molar-refractivity contribution is -0.137. The monoisotopic (exact) mass is 265 g/mol. The molecule has 1 rings (SSSR count). The third-order valence-corrected chi connectivity index (χ3v) is 3.26. The number of nitrogens with one attached hydrogen (secondary N) is 1. The van der Waals surface area contributed by atoms with Crippen LogP contribution in [0.25, 0.3) is 0 Å². The second kappa shape index (κ2) is 7.71. The van der Waals surface area contributed by atoms with Gasteiger partial charge < -0.3 is 10.4 Å². The normalized spacial score (nSPS) is 12.2. The Balaban J connectivity index is 2.39. The van der Waals surface area contributed by atoms with E-state index in [2.05, 4.69) is 22.2 Å². The number of anilines is 1. The van der Waals surface area contributed by atoms with Crippen LogP contribution in [0, 0.1) is 19.8 Å². The van der Waals surface area contributed by atoms with Gasteiger partial charge in [0.2, 0.25) is 0 Å². The van der Waals surface area contributed by atoms with E-state index in [4.69, 9.17) is 5.11 Å². The first-order valence-corrected chi connectivity index (χ1v) is 6.78. The predicted octanol–water partition coefficient (Wildman–Crippen LogP) is 2.79. The first kappa shape index (κ1) is 15.4. The lowest BCUT2D eigenvalue weighted by Crippen LogP contribution is -2.12. The van der Waals surface area contributed by atoms with Gasteiger partial charge in [0.1, 0.15) is 5.82 Å². The summed E-state index contributed by atoms with van der Waals surface area (Å²) < 4.78 is 0. The van der Waals surface area contributed by atoms with Crippen molar-refractivity contribution in [2.75, 3.05) is 11.9 Å². The van der Waals surface area contributed by atoms with Gasteiger partial charge >= 0.3 is 5.97 Å². The van der Waals surface area contributed by atoms with Crippen molar-refractivity contribution in [3.05, 3.63) is 17.6 Å². The summed E-state index contributed by atoms with van der Waals surface area (Å²) in [4.78, 5) is 19.2. The highest BCUT2D eigenvalue weighted by atomic mass is 16.4. The van der Waals surface area contributed by atoms with Gasteiger partial charge in [0, 0.05) is 19.2 Å². The highest BCUT2D eigenvalue weighted by molar-refractivity contribution is 5.66. The van der Waals surface area contributed by atoms with Crippen molar-refractivity contribution >= 4 is 11.8 Å². The number of nitrogens with zero attached hydrogens (tertiary/aromatic N) is 2. The number of aliphatic carboxylic acids is 1. The maximum atomic E-state index is 10.6. The number of aryl methyl sites for hydroxylation is 2. The second-order valence-corrected chi connectivity index (χ2v) is 4.87. The highest BCUT2D eigenvalue weighted by Crippen LogP contribution is 2.16. The van der Waals surface area contributed by atoms with Gasteiger partial charge in [0.05, 0.1) is 11.4 Å². The molecule has 5 nitrogen and oxygen atoms in total. The molecule has 106 valence electrons. The number of hydrogen-bond acceptors (Lipinski definition) is 4. The molecule has 0 radical (unpaired) electrons. The van der Waals surface area contributed by atoms with Gasteiger partial charge in [-0.25, -0.2) is 4.98 Å². The SMILES string of the molecule is CCC(CCNc1nc(C)cnc1C)CCC(=O)O. The summed E-state index contributed by atoms with van der Waals surface area (Å²) in [6, 6.07) is 0. The molecule has 0 spiro atoms. The van der Waals surface area contributed by atoms with Crippen LogP contribution in [0.4, 0.5) is 5.82 Å². The van der Waals surface area contributed by atoms with Crippen molar-refractivity contribution in [2.45, 2.75) is 46.5 Å². The molecular weight excluding hydrogens is 242 g/mol. The number of carboxylic acids is 1. The Kier molecular flexibility index (Phi) is 6.25. The highest BCUT2D eigenvalue weighted by Gasteiger charge is 2.09. The maximum Gasteiger partial charge on any atom is 0.303 e. The minimum Gasteiger partial charge on any atom is -0.481 e. The minimum absolute atomic E-state index is 0.252. The predicted molar refractivity (Wildman–Crippen MR) is 75.3 cm³/mol. The molecule has 5 heteroatoms. The van der Waals surface area contributed by atoms with E-state index in [0.717, 1.165) is 43.0 Å². The van der Waals surface area contributed by atoms with Crippen molar-refractivity contribution in [1.82, 2.24) is 9.97 Å². The molecule has 2 N–H and O–H groups in total. The zero-order chi connectivity index (χ0) is 14.3. The van der Waals surface area contributed by atoms with Gasteiger partial charge in [0.15, 0.2) is 0 Å². The zero-order valence-electron chi connectivity index (χ0n) is 11.9. The molecule has 0 aliphatic heterocycles. The van der Waals surface area contributed by atoms with E-state index in [1.54, 1.807) is 6.20 Å². The van der Waals surface area contributed by atoms with Crippen LogP contribution in [-0.4, -0.2) is 27.6 Å². The third-order valence-electron chi connectivity index (χ3n) is 3.26. The second-order valence-electron chi connectivity index (χ2n) is 4.87. The molecule has 1 aromatic rings. The summed E-state index contributed by atoms with van der Waals surface area (Å²) in [5.41, 5.74) is 1.79. The van der Waals surface area contributed by atoms with Crippen molar-refractivity contribution in [3.8, 4) is 0 Å². The van der Waals surface area contributed by atoms with Gasteiger partial charge in [0.25, 0.3) is 0 Å². The Labute approximate surface area is 114 Å². The third kappa shape index (κ3) is 5.68. The summed E-state index contributed by atoms with van der Waals surface area (Å²) in [7, 11) is 0. The van der Waals surface area contributed by atoms with E-state index in [-0.39, 0.29) is 6.42 Å². The number of rotatable bonds is 8. The molecule has 1 unspecified atom stereocenters. The fourth-order valence-electron chi connectivity index (χ4n) is 1.98. The van der Waals surface area contributed by atoms with Crippen LogP contribution in [0.1, 0.15) is 44.0 Å². The summed E-state index contributed by atoms with van der Waals surface area (Å²) in [5, 5.41) is 12.0. The Bertz CT molecular complexity index is 421. The van der Waals surface area contributed by atoms with Crippen LogP contribution < -0.4 is 5.32 Å². The Hall–Kier alpha value is -1.65. The first-order chi connectivity index (χ1) is 9.02. The molecule has 0 bridgehead atoms. The van der Waals surface area contributed by atoms with E-state index in [0.29, 0.717) is 5.92 Å². The Morgan fingerprint density at radius 3 is 2.79 bits per heavy atom. The summed E-state index contributed by atoms with van der Waals surface area (Å²) in [6.45, 7) is 6.75. The van der Waals surface area contributed by atoms with Crippen LogP contribution in [0.3, 0.4) is 0 Å². The fourth-order valence-corrected chi connectivity index (χ4v) is 1.98. The summed E-state index contributed by atoms with van der Waals surface area (Å²) in [5.74, 6) is 0.557. The zero-order valence-corrected chi connectivity index (χ0v) is 11.9. The quantitative estimate of drug-likeness (QED) is 0.756. The number of carbonyl (C=O) groups is 1. The summed E-state index contributed by atoms with van der Waals surface area (Å²) >= 11 is 0. The van der Waals surface area contributed by atoms with E-state index in [1.165, 1.54) is 0 Å². The Morgan fingerprint density at radius 1 is 1.42 bits per heavy atom. The minimum atomic E-state index is -0.716. The van der Waals surface area contributed by atoms with Gasteiger partial charge in [-0.05, 0) is 32.6 Å². The van der Waals surface area contributed by atoms with Gasteiger partial charge in [-0.3, -0.25) is 9.78 Å². The molecule has 0 saturated heterocycles. The van der Waals surface area contributed by atoms with Gasteiger partial charge in [-0.15, -0.1) is 0 Å². The Morgan fingerprint density at radius 2 is 2.16 bits per heavy atom. The van der Waals surface area contributed by atoms with Crippen LogP contribution in [0.2, 0.25) is 0 Å². The van der Waals surface area contributed by atoms with E-state index >= 15 is 0 Å². The molecule has 0 fully saturated rings. The molecule has 0 aliphatic rings. The van der Waals surface area contributed by atoms with E-state index in [9.17, 15) is 4.79 Å². The summed E-state index contributed by atoms with van der Waals surface area (Å²) in [6.07, 6.45) is 4.71. The van der Waals surface area contributed by atoms with Crippen molar-refractivity contribution in [3.63, 3.8) is 0 Å². The molecule has 19 heavy (non-hydrogen) atoms. The van der Waals surface area contributed by atoms with Crippen LogP contribution in [0.5, 0.6) is 0 Å². The van der Waals surface area contributed by atoms with Gasteiger partial charge in [-0.1, -0.05) is 13.3 Å². The number of hydrogen-bond donors (Lipinski definition) is 2. The molecule has 1 heterocycles. The van der Waals surface area contributed by atoms with E-state index < -0.39 is 5.97 Å². The lowest BCUT2D eigenvalue weighted by atomic mass is 9.97.